The molecule has 4 nitrogen and oxygen atoms in total. The van der Waals surface area contributed by atoms with Crippen LogP contribution in [0.3, 0.4) is 0 Å². The van der Waals surface area contributed by atoms with Crippen molar-refractivity contribution < 1.29 is 20.1 Å². The Balaban J connectivity index is 2.69. The van der Waals surface area contributed by atoms with Gasteiger partial charge in [0.2, 0.25) is 0 Å². The van der Waals surface area contributed by atoms with Gasteiger partial charge < -0.3 is 20.1 Å². The molecule has 0 aromatic rings. The molecule has 1 aliphatic carbocycles. The van der Waals surface area contributed by atoms with Gasteiger partial charge in [0.05, 0.1) is 12.2 Å². The largest absolute Gasteiger partial charge is 0.396 e. The molecule has 4 heteroatoms. The maximum atomic E-state index is 9.62. The maximum absolute atomic E-state index is 9.62. The zero-order valence-corrected chi connectivity index (χ0v) is 8.05. The zero-order valence-electron chi connectivity index (χ0n) is 8.05. The summed E-state index contributed by atoms with van der Waals surface area (Å²) in [5.74, 6) is -0.0584. The summed E-state index contributed by atoms with van der Waals surface area (Å²) in [6.07, 6.45) is -1.39. The van der Waals surface area contributed by atoms with Gasteiger partial charge in [-0.05, 0) is 12.3 Å². The molecule has 13 heavy (non-hydrogen) atoms. The van der Waals surface area contributed by atoms with Crippen molar-refractivity contribution in [3.63, 3.8) is 0 Å². The van der Waals surface area contributed by atoms with E-state index in [9.17, 15) is 10.2 Å². The van der Waals surface area contributed by atoms with E-state index < -0.39 is 18.3 Å². The Bertz CT molecular complexity index is 160. The van der Waals surface area contributed by atoms with Gasteiger partial charge in [-0.3, -0.25) is 0 Å². The molecular weight excluding hydrogens is 172 g/mol. The molecule has 5 atom stereocenters. The van der Waals surface area contributed by atoms with Crippen molar-refractivity contribution in [2.45, 2.75) is 31.7 Å². The van der Waals surface area contributed by atoms with Crippen molar-refractivity contribution in [3.05, 3.63) is 0 Å². The second-order valence-corrected chi connectivity index (χ2v) is 3.84. The molecule has 1 fully saturated rings. The van der Waals surface area contributed by atoms with Gasteiger partial charge in [0.1, 0.15) is 6.10 Å². The molecule has 78 valence electrons. The first-order chi connectivity index (χ1) is 6.11. The van der Waals surface area contributed by atoms with Gasteiger partial charge >= 0.3 is 0 Å². The van der Waals surface area contributed by atoms with Crippen LogP contribution in [0.4, 0.5) is 0 Å². The van der Waals surface area contributed by atoms with E-state index >= 15 is 0 Å². The lowest BCUT2D eigenvalue weighted by Gasteiger charge is -2.40. The van der Waals surface area contributed by atoms with Crippen molar-refractivity contribution in [1.82, 2.24) is 0 Å². The first-order valence-electron chi connectivity index (χ1n) is 4.61. The van der Waals surface area contributed by atoms with Crippen LogP contribution >= 0.6 is 0 Å². The lowest BCUT2D eigenvalue weighted by atomic mass is 9.77. The first kappa shape index (κ1) is 10.9. The SMILES string of the molecule is CO[C@@H]1C(CO)C[C@H](C)[C@H](O)[C@H]1O. The standard InChI is InChI=1S/C9H18O4/c1-5-3-6(4-10)9(13-2)8(12)7(5)11/h5-12H,3-4H2,1-2H3/t5-,6?,7-,8+,9+/m0/s1. The zero-order chi connectivity index (χ0) is 10.0. The van der Waals surface area contributed by atoms with Gasteiger partial charge in [-0.15, -0.1) is 0 Å². The number of rotatable bonds is 2. The summed E-state index contributed by atoms with van der Waals surface area (Å²) < 4.78 is 5.06. The van der Waals surface area contributed by atoms with Gasteiger partial charge in [0.15, 0.2) is 0 Å². The second-order valence-electron chi connectivity index (χ2n) is 3.84. The topological polar surface area (TPSA) is 69.9 Å². The second kappa shape index (κ2) is 4.37. The average Bonchev–Trinajstić information content (AvgIpc) is 2.13. The molecule has 1 unspecified atom stereocenters. The highest BCUT2D eigenvalue weighted by Gasteiger charge is 2.41. The molecule has 0 saturated heterocycles. The number of aliphatic hydroxyl groups is 3. The van der Waals surface area contributed by atoms with E-state index in [2.05, 4.69) is 0 Å². The van der Waals surface area contributed by atoms with Crippen LogP contribution < -0.4 is 0 Å². The molecule has 3 N–H and O–H groups in total. The van der Waals surface area contributed by atoms with Gasteiger partial charge in [0.25, 0.3) is 0 Å². The Morgan fingerprint density at radius 3 is 2.38 bits per heavy atom. The maximum Gasteiger partial charge on any atom is 0.107 e. The minimum atomic E-state index is -0.883. The minimum Gasteiger partial charge on any atom is -0.396 e. The molecule has 0 aliphatic heterocycles. The molecule has 0 heterocycles. The van der Waals surface area contributed by atoms with Crippen molar-refractivity contribution in [1.29, 1.82) is 0 Å². The highest BCUT2D eigenvalue weighted by molar-refractivity contribution is 4.91. The smallest absolute Gasteiger partial charge is 0.107 e. The molecule has 0 aromatic heterocycles. The third-order valence-electron chi connectivity index (χ3n) is 2.92. The Kier molecular flexibility index (Phi) is 3.67. The fourth-order valence-electron chi connectivity index (χ4n) is 2.07. The van der Waals surface area contributed by atoms with E-state index in [0.717, 1.165) is 0 Å². The van der Waals surface area contributed by atoms with E-state index in [4.69, 9.17) is 9.84 Å². The summed E-state index contributed by atoms with van der Waals surface area (Å²) in [4.78, 5) is 0. The van der Waals surface area contributed by atoms with Crippen LogP contribution in [0.1, 0.15) is 13.3 Å². The van der Waals surface area contributed by atoms with Crippen LogP contribution in [0.2, 0.25) is 0 Å². The van der Waals surface area contributed by atoms with Gasteiger partial charge in [0, 0.05) is 19.6 Å². The Labute approximate surface area is 78.1 Å². The third kappa shape index (κ3) is 2.02. The predicted molar refractivity (Wildman–Crippen MR) is 47.2 cm³/mol. The number of aliphatic hydroxyl groups excluding tert-OH is 3. The van der Waals surface area contributed by atoms with Gasteiger partial charge in [-0.25, -0.2) is 0 Å². The summed E-state index contributed by atoms with van der Waals surface area (Å²) in [5, 5.41) is 28.2. The number of hydrogen-bond donors (Lipinski definition) is 3. The van der Waals surface area contributed by atoms with Crippen LogP contribution in [0.25, 0.3) is 0 Å². The molecule has 0 bridgehead atoms. The normalized spacial score (nSPS) is 46.4. The Morgan fingerprint density at radius 2 is 1.92 bits per heavy atom. The fraction of sp³-hybridized carbons (Fsp3) is 1.00. The van der Waals surface area contributed by atoms with Crippen LogP contribution in [-0.4, -0.2) is 47.3 Å². The lowest BCUT2D eigenvalue weighted by molar-refractivity contribution is -0.150. The molecule has 0 aromatic carbocycles. The number of ether oxygens (including phenoxy) is 1. The lowest BCUT2D eigenvalue weighted by Crippen LogP contribution is -2.52. The molecule has 0 spiro atoms. The summed E-state index contributed by atoms with van der Waals surface area (Å²) in [6.45, 7) is 1.86. The van der Waals surface area contributed by atoms with Crippen molar-refractivity contribution in [2.24, 2.45) is 11.8 Å². The summed E-state index contributed by atoms with van der Waals surface area (Å²) in [5.41, 5.74) is 0. The predicted octanol–water partition coefficient (Wildman–Crippen LogP) is -0.629. The van der Waals surface area contributed by atoms with Crippen LogP contribution in [0.5, 0.6) is 0 Å². The van der Waals surface area contributed by atoms with Crippen molar-refractivity contribution >= 4 is 0 Å². The number of hydrogen-bond acceptors (Lipinski definition) is 4. The third-order valence-corrected chi connectivity index (χ3v) is 2.92. The molecule has 0 radical (unpaired) electrons. The Morgan fingerprint density at radius 1 is 1.31 bits per heavy atom. The average molecular weight is 190 g/mol. The number of methoxy groups -OCH3 is 1. The van der Waals surface area contributed by atoms with E-state index in [0.29, 0.717) is 6.42 Å². The Hall–Kier alpha value is -0.160. The van der Waals surface area contributed by atoms with E-state index in [1.54, 1.807) is 0 Å². The molecule has 1 rings (SSSR count). The molecule has 1 saturated carbocycles. The van der Waals surface area contributed by atoms with Gasteiger partial charge in [-0.1, -0.05) is 6.92 Å². The van der Waals surface area contributed by atoms with Crippen LogP contribution in [-0.2, 0) is 4.74 Å². The summed E-state index contributed by atoms with van der Waals surface area (Å²) in [7, 11) is 1.49. The van der Waals surface area contributed by atoms with Crippen molar-refractivity contribution in [2.75, 3.05) is 13.7 Å². The monoisotopic (exact) mass is 190 g/mol. The van der Waals surface area contributed by atoms with E-state index in [-0.39, 0.29) is 18.4 Å². The fourth-order valence-corrected chi connectivity index (χ4v) is 2.07. The van der Waals surface area contributed by atoms with E-state index in [1.807, 2.05) is 6.92 Å². The van der Waals surface area contributed by atoms with Crippen molar-refractivity contribution in [3.8, 4) is 0 Å². The first-order valence-corrected chi connectivity index (χ1v) is 4.61. The molecule has 1 aliphatic rings. The highest BCUT2D eigenvalue weighted by atomic mass is 16.5. The minimum absolute atomic E-state index is 0.00731. The summed E-state index contributed by atoms with van der Waals surface area (Å²) >= 11 is 0. The van der Waals surface area contributed by atoms with E-state index in [1.165, 1.54) is 7.11 Å². The summed E-state index contributed by atoms with van der Waals surface area (Å²) in [6, 6.07) is 0. The molecule has 0 amide bonds. The van der Waals surface area contributed by atoms with Gasteiger partial charge in [-0.2, -0.15) is 0 Å². The van der Waals surface area contributed by atoms with Crippen LogP contribution in [0, 0.1) is 11.8 Å². The van der Waals surface area contributed by atoms with Crippen LogP contribution in [0.15, 0.2) is 0 Å². The quantitative estimate of drug-likeness (QED) is 0.542. The molecular formula is C9H18O4. The highest BCUT2D eigenvalue weighted by Crippen LogP contribution is 2.31.